The highest BCUT2D eigenvalue weighted by molar-refractivity contribution is 7.10. The van der Waals surface area contributed by atoms with Crippen LogP contribution in [-0.2, 0) is 0 Å². The van der Waals surface area contributed by atoms with Crippen molar-refractivity contribution in [2.75, 3.05) is 5.32 Å². The highest BCUT2D eigenvalue weighted by Crippen LogP contribution is 2.25. The van der Waals surface area contributed by atoms with Gasteiger partial charge in [-0.15, -0.1) is 11.3 Å². The summed E-state index contributed by atoms with van der Waals surface area (Å²) in [6.07, 6.45) is 0.943. The summed E-state index contributed by atoms with van der Waals surface area (Å²) in [5.74, 6) is 0.131. The van der Waals surface area contributed by atoms with Crippen LogP contribution in [0, 0.1) is 5.95 Å². The Balaban J connectivity index is 2.13. The van der Waals surface area contributed by atoms with Crippen molar-refractivity contribution in [2.45, 2.75) is 19.4 Å². The van der Waals surface area contributed by atoms with E-state index in [4.69, 9.17) is 0 Å². The molecule has 0 bridgehead atoms. The van der Waals surface area contributed by atoms with Gasteiger partial charge in [0.05, 0.1) is 6.04 Å². The molecule has 4 heteroatoms. The molecule has 16 heavy (non-hydrogen) atoms. The van der Waals surface area contributed by atoms with Gasteiger partial charge < -0.3 is 5.32 Å². The number of anilines is 1. The molecule has 2 aromatic heterocycles. The van der Waals surface area contributed by atoms with Crippen LogP contribution >= 0.6 is 11.3 Å². The molecule has 0 amide bonds. The average Bonchev–Trinajstić information content (AvgIpc) is 2.79. The zero-order valence-corrected chi connectivity index (χ0v) is 9.80. The van der Waals surface area contributed by atoms with E-state index in [9.17, 15) is 4.39 Å². The van der Waals surface area contributed by atoms with Gasteiger partial charge in [-0.25, -0.2) is 4.98 Å². The molecule has 2 rings (SSSR count). The zero-order chi connectivity index (χ0) is 11.4. The predicted octanol–water partition coefficient (Wildman–Crippen LogP) is 3.85. The molecule has 0 aliphatic rings. The van der Waals surface area contributed by atoms with Gasteiger partial charge in [-0.05, 0) is 30.0 Å². The van der Waals surface area contributed by atoms with E-state index in [-0.39, 0.29) is 6.04 Å². The van der Waals surface area contributed by atoms with Gasteiger partial charge in [0.15, 0.2) is 0 Å². The molecule has 0 saturated carbocycles. The number of thiophene rings is 1. The number of pyridine rings is 1. The van der Waals surface area contributed by atoms with Crippen molar-refractivity contribution in [3.05, 3.63) is 46.5 Å². The Morgan fingerprint density at radius 2 is 2.25 bits per heavy atom. The van der Waals surface area contributed by atoms with Gasteiger partial charge in [-0.2, -0.15) is 4.39 Å². The number of hydrogen-bond donors (Lipinski definition) is 1. The SMILES string of the molecule is CCC(Nc1cccc(F)n1)c1cccs1. The second kappa shape index (κ2) is 5.07. The molecule has 0 spiro atoms. The zero-order valence-electron chi connectivity index (χ0n) is 8.98. The normalized spacial score (nSPS) is 12.4. The summed E-state index contributed by atoms with van der Waals surface area (Å²) in [6, 6.07) is 9.07. The lowest BCUT2D eigenvalue weighted by atomic mass is 10.2. The third-order valence-corrected chi connectivity index (χ3v) is 3.32. The topological polar surface area (TPSA) is 24.9 Å². The third-order valence-electron chi connectivity index (χ3n) is 2.33. The summed E-state index contributed by atoms with van der Waals surface area (Å²) in [5.41, 5.74) is 0. The lowest BCUT2D eigenvalue weighted by Gasteiger charge is -2.15. The molecule has 2 heterocycles. The van der Waals surface area contributed by atoms with Gasteiger partial charge in [-0.3, -0.25) is 0 Å². The summed E-state index contributed by atoms with van der Waals surface area (Å²) in [7, 11) is 0. The van der Waals surface area contributed by atoms with Crippen LogP contribution in [0.25, 0.3) is 0 Å². The van der Waals surface area contributed by atoms with Crippen LogP contribution in [0.5, 0.6) is 0 Å². The second-order valence-electron chi connectivity index (χ2n) is 3.47. The average molecular weight is 236 g/mol. The molecule has 0 fully saturated rings. The summed E-state index contributed by atoms with van der Waals surface area (Å²) < 4.78 is 12.9. The molecule has 0 aliphatic carbocycles. The van der Waals surface area contributed by atoms with Crippen molar-refractivity contribution in [2.24, 2.45) is 0 Å². The number of rotatable bonds is 4. The summed E-state index contributed by atoms with van der Waals surface area (Å²) in [4.78, 5) is 5.04. The maximum Gasteiger partial charge on any atom is 0.214 e. The molecule has 0 aliphatic heterocycles. The highest BCUT2D eigenvalue weighted by Gasteiger charge is 2.10. The standard InChI is InChI=1S/C12H13FN2S/c1-2-9(10-5-4-8-16-10)14-12-7-3-6-11(13)15-12/h3-9H,2H2,1H3,(H,14,15). The fraction of sp³-hybridized carbons (Fsp3) is 0.250. The van der Waals surface area contributed by atoms with E-state index in [1.54, 1.807) is 23.5 Å². The number of nitrogens with one attached hydrogen (secondary N) is 1. The Morgan fingerprint density at radius 3 is 2.88 bits per heavy atom. The lowest BCUT2D eigenvalue weighted by molar-refractivity contribution is 0.583. The molecule has 84 valence electrons. The Bertz CT molecular complexity index is 442. The van der Waals surface area contributed by atoms with E-state index in [0.29, 0.717) is 5.82 Å². The van der Waals surface area contributed by atoms with Crippen LogP contribution in [0.3, 0.4) is 0 Å². The maximum absolute atomic E-state index is 12.9. The van der Waals surface area contributed by atoms with Gasteiger partial charge >= 0.3 is 0 Å². The third kappa shape index (κ3) is 2.58. The minimum Gasteiger partial charge on any atom is -0.362 e. The number of nitrogens with zero attached hydrogens (tertiary/aromatic N) is 1. The van der Waals surface area contributed by atoms with Crippen molar-refractivity contribution < 1.29 is 4.39 Å². The molecular formula is C12H13FN2S. The molecule has 1 unspecified atom stereocenters. The molecule has 2 aromatic rings. The quantitative estimate of drug-likeness (QED) is 0.816. The fourth-order valence-corrected chi connectivity index (χ4v) is 2.39. The molecule has 2 nitrogen and oxygen atoms in total. The van der Waals surface area contributed by atoms with Gasteiger partial charge in [0.25, 0.3) is 0 Å². The Kier molecular flexibility index (Phi) is 3.51. The minimum absolute atomic E-state index is 0.203. The van der Waals surface area contributed by atoms with Crippen molar-refractivity contribution >= 4 is 17.2 Å². The first kappa shape index (κ1) is 11.1. The summed E-state index contributed by atoms with van der Waals surface area (Å²) in [6.45, 7) is 2.09. The van der Waals surface area contributed by atoms with Gasteiger partial charge in [0.1, 0.15) is 5.82 Å². The minimum atomic E-state index is -0.453. The number of halogens is 1. The number of hydrogen-bond acceptors (Lipinski definition) is 3. The Labute approximate surface area is 98.2 Å². The monoisotopic (exact) mass is 236 g/mol. The Hall–Kier alpha value is -1.42. The smallest absolute Gasteiger partial charge is 0.214 e. The lowest BCUT2D eigenvalue weighted by Crippen LogP contribution is -2.09. The Morgan fingerprint density at radius 1 is 1.38 bits per heavy atom. The van der Waals surface area contributed by atoms with Crippen LogP contribution in [-0.4, -0.2) is 4.98 Å². The first-order chi connectivity index (χ1) is 7.79. The predicted molar refractivity (Wildman–Crippen MR) is 65.2 cm³/mol. The van der Waals surface area contributed by atoms with Crippen LogP contribution in [0.15, 0.2) is 35.7 Å². The molecule has 1 N–H and O–H groups in total. The van der Waals surface area contributed by atoms with Gasteiger partial charge in [0, 0.05) is 4.88 Å². The van der Waals surface area contributed by atoms with Crippen LogP contribution in [0.2, 0.25) is 0 Å². The molecule has 0 saturated heterocycles. The van der Waals surface area contributed by atoms with Crippen molar-refractivity contribution in [1.29, 1.82) is 0 Å². The van der Waals surface area contributed by atoms with E-state index in [0.717, 1.165) is 6.42 Å². The van der Waals surface area contributed by atoms with Crippen LogP contribution in [0.1, 0.15) is 24.3 Å². The molecule has 0 radical (unpaired) electrons. The summed E-state index contributed by atoms with van der Waals surface area (Å²) in [5, 5.41) is 5.27. The van der Waals surface area contributed by atoms with E-state index < -0.39 is 5.95 Å². The van der Waals surface area contributed by atoms with Crippen LogP contribution < -0.4 is 5.32 Å². The molecular weight excluding hydrogens is 223 g/mol. The first-order valence-corrected chi connectivity index (χ1v) is 6.10. The molecule has 0 aromatic carbocycles. The van der Waals surface area contributed by atoms with Gasteiger partial charge in [0.2, 0.25) is 5.95 Å². The van der Waals surface area contributed by atoms with Crippen molar-refractivity contribution in [1.82, 2.24) is 4.98 Å². The van der Waals surface area contributed by atoms with E-state index >= 15 is 0 Å². The first-order valence-electron chi connectivity index (χ1n) is 5.22. The van der Waals surface area contributed by atoms with Crippen molar-refractivity contribution in [3.8, 4) is 0 Å². The van der Waals surface area contributed by atoms with Gasteiger partial charge in [-0.1, -0.05) is 19.1 Å². The highest BCUT2D eigenvalue weighted by atomic mass is 32.1. The van der Waals surface area contributed by atoms with E-state index in [1.807, 2.05) is 11.4 Å². The second-order valence-corrected chi connectivity index (χ2v) is 4.45. The van der Waals surface area contributed by atoms with E-state index in [2.05, 4.69) is 23.3 Å². The van der Waals surface area contributed by atoms with Crippen LogP contribution in [0.4, 0.5) is 10.2 Å². The van der Waals surface area contributed by atoms with Crippen molar-refractivity contribution in [3.63, 3.8) is 0 Å². The maximum atomic E-state index is 12.9. The largest absolute Gasteiger partial charge is 0.362 e. The number of aromatic nitrogens is 1. The fourth-order valence-electron chi connectivity index (χ4n) is 1.53. The van der Waals surface area contributed by atoms with E-state index in [1.165, 1.54) is 10.9 Å². The molecule has 1 atom stereocenters. The summed E-state index contributed by atoms with van der Waals surface area (Å²) >= 11 is 1.70.